The molecule has 0 aliphatic carbocycles. The molecule has 3 rings (SSSR count). The molecule has 142 valence electrons. The summed E-state index contributed by atoms with van der Waals surface area (Å²) in [4.78, 5) is 30.4. The maximum absolute atomic E-state index is 12.3. The average molecular weight is 389 g/mol. The van der Waals surface area contributed by atoms with Gasteiger partial charge in [0.15, 0.2) is 5.82 Å². The van der Waals surface area contributed by atoms with Crippen LogP contribution in [0.25, 0.3) is 6.08 Å². The van der Waals surface area contributed by atoms with E-state index in [9.17, 15) is 9.59 Å². The number of nitrogens with one attached hydrogen (secondary N) is 1. The summed E-state index contributed by atoms with van der Waals surface area (Å²) in [6, 6.07) is 7.35. The van der Waals surface area contributed by atoms with Gasteiger partial charge in [-0.05, 0) is 37.5 Å². The molecule has 1 aliphatic rings. The first kappa shape index (κ1) is 19.1. The van der Waals surface area contributed by atoms with Gasteiger partial charge in [0.1, 0.15) is 0 Å². The van der Waals surface area contributed by atoms with Gasteiger partial charge >= 0.3 is 0 Å². The molecule has 1 aromatic carbocycles. The Morgan fingerprint density at radius 3 is 2.74 bits per heavy atom. The van der Waals surface area contributed by atoms with Crippen LogP contribution in [-0.4, -0.2) is 39.9 Å². The summed E-state index contributed by atoms with van der Waals surface area (Å²) in [5.41, 5.74) is 0.804. The summed E-state index contributed by atoms with van der Waals surface area (Å²) in [6.07, 6.45) is 4.50. The van der Waals surface area contributed by atoms with Crippen LogP contribution < -0.4 is 5.32 Å². The third kappa shape index (κ3) is 5.17. The van der Waals surface area contributed by atoms with Crippen LogP contribution in [0.3, 0.4) is 0 Å². The number of halogens is 1. The van der Waals surface area contributed by atoms with Crippen molar-refractivity contribution in [2.24, 2.45) is 5.92 Å². The maximum Gasteiger partial charge on any atom is 0.246 e. The Kier molecular flexibility index (Phi) is 6.24. The lowest BCUT2D eigenvalue weighted by Gasteiger charge is -2.30. The largest absolute Gasteiger partial charge is 0.347 e. The molecular formula is C19H21ClN4O3. The second-order valence-corrected chi connectivity index (χ2v) is 6.81. The van der Waals surface area contributed by atoms with Crippen molar-refractivity contribution in [3.63, 3.8) is 0 Å². The molecule has 2 aromatic rings. The monoisotopic (exact) mass is 388 g/mol. The molecule has 1 saturated heterocycles. The van der Waals surface area contributed by atoms with Gasteiger partial charge in [-0.15, -0.1) is 0 Å². The van der Waals surface area contributed by atoms with Gasteiger partial charge in [0.25, 0.3) is 0 Å². The molecule has 7 nitrogen and oxygen atoms in total. The molecule has 2 amide bonds. The third-order valence-electron chi connectivity index (χ3n) is 4.47. The number of hydrogen-bond donors (Lipinski definition) is 1. The Morgan fingerprint density at radius 2 is 2.07 bits per heavy atom. The van der Waals surface area contributed by atoms with Crippen molar-refractivity contribution in [3.05, 3.63) is 52.6 Å². The van der Waals surface area contributed by atoms with Crippen molar-refractivity contribution in [1.29, 1.82) is 0 Å². The molecule has 27 heavy (non-hydrogen) atoms. The molecule has 0 spiro atoms. The summed E-state index contributed by atoms with van der Waals surface area (Å²) in [5.74, 6) is 0.680. The van der Waals surface area contributed by atoms with Crippen LogP contribution in [0.4, 0.5) is 0 Å². The minimum Gasteiger partial charge on any atom is -0.347 e. The lowest BCUT2D eigenvalue weighted by molar-refractivity contribution is -0.132. The Balaban J connectivity index is 1.45. The second-order valence-electron chi connectivity index (χ2n) is 6.41. The van der Waals surface area contributed by atoms with Gasteiger partial charge in [0.05, 0.1) is 6.54 Å². The van der Waals surface area contributed by atoms with Crippen molar-refractivity contribution in [2.45, 2.75) is 26.3 Å². The topological polar surface area (TPSA) is 88.3 Å². The smallest absolute Gasteiger partial charge is 0.246 e. The number of carbonyl (C=O) groups excluding carboxylic acids is 2. The molecule has 1 aliphatic heterocycles. The summed E-state index contributed by atoms with van der Waals surface area (Å²) in [5, 5.41) is 7.10. The van der Waals surface area contributed by atoms with Crippen LogP contribution in [-0.2, 0) is 16.1 Å². The van der Waals surface area contributed by atoms with Crippen LogP contribution in [0.15, 0.2) is 34.9 Å². The molecule has 2 heterocycles. The number of rotatable bonds is 5. The van der Waals surface area contributed by atoms with E-state index in [0.29, 0.717) is 42.7 Å². The fourth-order valence-corrected chi connectivity index (χ4v) is 3.16. The fraction of sp³-hybridized carbons (Fsp3) is 0.368. The number of benzene rings is 1. The van der Waals surface area contributed by atoms with Crippen molar-refractivity contribution in [3.8, 4) is 0 Å². The SMILES string of the molecule is Cc1noc(CNC(=O)C2CCN(C(=O)/C=C/c3ccccc3Cl)CC2)n1. The lowest BCUT2D eigenvalue weighted by Crippen LogP contribution is -2.42. The zero-order valence-corrected chi connectivity index (χ0v) is 15.8. The van der Waals surface area contributed by atoms with E-state index in [4.69, 9.17) is 16.1 Å². The van der Waals surface area contributed by atoms with Crippen molar-refractivity contribution >= 4 is 29.5 Å². The van der Waals surface area contributed by atoms with Crippen molar-refractivity contribution in [2.75, 3.05) is 13.1 Å². The normalized spacial score (nSPS) is 15.3. The molecular weight excluding hydrogens is 368 g/mol. The van der Waals surface area contributed by atoms with Gasteiger partial charge in [-0.3, -0.25) is 9.59 Å². The number of hydrogen-bond acceptors (Lipinski definition) is 5. The number of piperidine rings is 1. The number of aryl methyl sites for hydroxylation is 1. The van der Waals surface area contributed by atoms with Gasteiger partial charge < -0.3 is 14.7 Å². The van der Waals surface area contributed by atoms with E-state index >= 15 is 0 Å². The molecule has 8 heteroatoms. The number of likely N-dealkylation sites (tertiary alicyclic amines) is 1. The third-order valence-corrected chi connectivity index (χ3v) is 4.82. The summed E-state index contributed by atoms with van der Waals surface area (Å²) >= 11 is 6.09. The predicted octanol–water partition coefficient (Wildman–Crippen LogP) is 2.60. The Labute approximate surface area is 162 Å². The predicted molar refractivity (Wildman–Crippen MR) is 101 cm³/mol. The van der Waals surface area contributed by atoms with E-state index in [-0.39, 0.29) is 24.3 Å². The highest BCUT2D eigenvalue weighted by molar-refractivity contribution is 6.32. The van der Waals surface area contributed by atoms with Crippen molar-refractivity contribution in [1.82, 2.24) is 20.4 Å². The maximum atomic E-state index is 12.3. The molecule has 0 unspecified atom stereocenters. The average Bonchev–Trinajstić information content (AvgIpc) is 3.10. The van der Waals surface area contributed by atoms with Gasteiger partial charge in [-0.2, -0.15) is 4.98 Å². The number of carbonyl (C=O) groups is 2. The molecule has 0 radical (unpaired) electrons. The van der Waals surface area contributed by atoms with Crippen LogP contribution in [0.1, 0.15) is 30.1 Å². The van der Waals surface area contributed by atoms with E-state index < -0.39 is 0 Å². The molecule has 0 bridgehead atoms. The summed E-state index contributed by atoms with van der Waals surface area (Å²) < 4.78 is 4.98. The van der Waals surface area contributed by atoms with Crippen LogP contribution in [0.5, 0.6) is 0 Å². The second kappa shape index (κ2) is 8.81. The molecule has 0 atom stereocenters. The first-order valence-electron chi connectivity index (χ1n) is 8.81. The lowest BCUT2D eigenvalue weighted by atomic mass is 9.96. The highest BCUT2D eigenvalue weighted by Gasteiger charge is 2.26. The zero-order chi connectivity index (χ0) is 19.2. The van der Waals surface area contributed by atoms with E-state index in [1.54, 1.807) is 24.0 Å². The number of amides is 2. The van der Waals surface area contributed by atoms with Crippen molar-refractivity contribution < 1.29 is 14.1 Å². The van der Waals surface area contributed by atoms with Gasteiger partial charge in [-0.1, -0.05) is 35.0 Å². The summed E-state index contributed by atoms with van der Waals surface area (Å²) in [6.45, 7) is 3.04. The summed E-state index contributed by atoms with van der Waals surface area (Å²) in [7, 11) is 0. The van der Waals surface area contributed by atoms with E-state index in [1.165, 1.54) is 6.08 Å². The number of nitrogens with zero attached hydrogens (tertiary/aromatic N) is 3. The van der Waals surface area contributed by atoms with E-state index in [0.717, 1.165) is 5.56 Å². The van der Waals surface area contributed by atoms with Crippen LogP contribution in [0, 0.1) is 12.8 Å². The highest BCUT2D eigenvalue weighted by atomic mass is 35.5. The number of aromatic nitrogens is 2. The minimum atomic E-state index is -0.120. The minimum absolute atomic E-state index is 0.0513. The Hall–Kier alpha value is -2.67. The fourth-order valence-electron chi connectivity index (χ4n) is 2.96. The molecule has 0 saturated carbocycles. The quantitative estimate of drug-likeness (QED) is 0.795. The first-order valence-corrected chi connectivity index (χ1v) is 9.19. The zero-order valence-electron chi connectivity index (χ0n) is 15.0. The van der Waals surface area contributed by atoms with E-state index in [1.807, 2.05) is 18.2 Å². The highest BCUT2D eigenvalue weighted by Crippen LogP contribution is 2.19. The first-order chi connectivity index (χ1) is 13.0. The molecule has 1 fully saturated rings. The van der Waals surface area contributed by atoms with Gasteiger partial charge in [0.2, 0.25) is 17.7 Å². The molecule has 1 aromatic heterocycles. The van der Waals surface area contributed by atoms with Gasteiger partial charge in [-0.25, -0.2) is 0 Å². The van der Waals surface area contributed by atoms with Crippen LogP contribution >= 0.6 is 11.6 Å². The Morgan fingerprint density at radius 1 is 1.33 bits per heavy atom. The molecule has 1 N–H and O–H groups in total. The Bertz CT molecular complexity index is 841. The standard InChI is InChI=1S/C19H21ClN4O3/c1-13-22-17(27-23-13)12-21-19(26)15-8-10-24(11-9-15)18(25)7-6-14-4-2-3-5-16(14)20/h2-7,15H,8-12H2,1H3,(H,21,26)/b7-6+. The van der Waals surface area contributed by atoms with Crippen LogP contribution in [0.2, 0.25) is 5.02 Å². The van der Waals surface area contributed by atoms with E-state index in [2.05, 4.69) is 15.5 Å². The van der Waals surface area contributed by atoms with Gasteiger partial charge in [0, 0.05) is 30.1 Å².